The Morgan fingerprint density at radius 2 is 1.87 bits per heavy atom. The lowest BCUT2D eigenvalue weighted by molar-refractivity contribution is 0.506. The van der Waals surface area contributed by atoms with Crippen LogP contribution in [0.4, 0.5) is 20.4 Å². The number of aromatic nitrogens is 5. The minimum atomic E-state index is -0.864. The van der Waals surface area contributed by atoms with Gasteiger partial charge in [-0.25, -0.2) is 13.5 Å². The van der Waals surface area contributed by atoms with Gasteiger partial charge in [-0.15, -0.1) is 0 Å². The minimum Gasteiger partial charge on any atom is -0.311 e. The zero-order valence-electron chi connectivity index (χ0n) is 17.4. The number of rotatable bonds is 4. The Bertz CT molecular complexity index is 1260. The summed E-state index contributed by atoms with van der Waals surface area (Å²) >= 11 is 0. The van der Waals surface area contributed by atoms with Gasteiger partial charge in [-0.05, 0) is 49.6 Å². The molecule has 4 aromatic rings. The van der Waals surface area contributed by atoms with Crippen LogP contribution in [0.15, 0.2) is 42.5 Å². The first-order valence-corrected chi connectivity index (χ1v) is 10.3. The second kappa shape index (κ2) is 7.61. The van der Waals surface area contributed by atoms with Gasteiger partial charge < -0.3 is 4.90 Å². The van der Waals surface area contributed by atoms with E-state index < -0.39 is 11.6 Å². The summed E-state index contributed by atoms with van der Waals surface area (Å²) < 4.78 is 28.9. The average molecular weight is 420 g/mol. The van der Waals surface area contributed by atoms with Gasteiger partial charge in [0.25, 0.3) is 0 Å². The molecule has 0 aliphatic carbocycles. The third-order valence-corrected chi connectivity index (χ3v) is 5.54. The highest BCUT2D eigenvalue weighted by Gasteiger charge is 2.23. The summed E-state index contributed by atoms with van der Waals surface area (Å²) in [4.78, 5) is 6.60. The van der Waals surface area contributed by atoms with E-state index in [0.29, 0.717) is 30.4 Å². The summed E-state index contributed by atoms with van der Waals surface area (Å²) in [5.74, 6) is -0.358. The molecule has 1 aliphatic rings. The van der Waals surface area contributed by atoms with Gasteiger partial charge in [-0.1, -0.05) is 18.2 Å². The van der Waals surface area contributed by atoms with Crippen LogP contribution in [-0.4, -0.2) is 31.5 Å². The number of nitrogens with one attached hydrogen (secondary N) is 1. The molecule has 2 aromatic heterocycles. The zero-order valence-corrected chi connectivity index (χ0v) is 17.4. The number of hydrogen-bond acceptors (Lipinski definition) is 4. The number of fused-ring (bicyclic) bond motifs is 1. The van der Waals surface area contributed by atoms with Crippen molar-refractivity contribution in [2.75, 3.05) is 11.4 Å². The number of benzene rings is 2. The van der Waals surface area contributed by atoms with Gasteiger partial charge in [-0.3, -0.25) is 5.10 Å². The lowest BCUT2D eigenvalue weighted by Crippen LogP contribution is -2.28. The fourth-order valence-electron chi connectivity index (χ4n) is 4.04. The van der Waals surface area contributed by atoms with Crippen molar-refractivity contribution in [1.82, 2.24) is 25.0 Å². The van der Waals surface area contributed by atoms with Gasteiger partial charge in [0, 0.05) is 42.5 Å². The zero-order chi connectivity index (χ0) is 21.5. The van der Waals surface area contributed by atoms with Crippen molar-refractivity contribution < 1.29 is 8.78 Å². The number of hydrogen-bond donors (Lipinski definition) is 1. The smallest absolute Gasteiger partial charge is 0.228 e. The van der Waals surface area contributed by atoms with Gasteiger partial charge in [-0.2, -0.15) is 15.2 Å². The minimum absolute atomic E-state index is 0.577. The maximum Gasteiger partial charge on any atom is 0.228 e. The van der Waals surface area contributed by atoms with Gasteiger partial charge in [0.2, 0.25) is 5.95 Å². The molecule has 0 atom stereocenters. The predicted octanol–water partition coefficient (Wildman–Crippen LogP) is 4.70. The predicted molar refractivity (Wildman–Crippen MR) is 114 cm³/mol. The van der Waals surface area contributed by atoms with E-state index in [1.54, 1.807) is 6.07 Å². The number of anilines is 2. The molecule has 0 radical (unpaired) electrons. The topological polar surface area (TPSA) is 62.6 Å². The summed E-state index contributed by atoms with van der Waals surface area (Å²) in [6.07, 6.45) is 1.44. The molecule has 0 unspecified atom stereocenters. The molecule has 0 saturated heterocycles. The molecule has 0 amide bonds. The molecule has 8 heteroatoms. The van der Waals surface area contributed by atoms with E-state index in [2.05, 4.69) is 40.4 Å². The van der Waals surface area contributed by atoms with Gasteiger partial charge in [0.05, 0.1) is 5.69 Å². The molecule has 0 fully saturated rings. The molecular formula is C23H22F2N6. The molecule has 3 heterocycles. The first-order valence-electron chi connectivity index (χ1n) is 10.3. The lowest BCUT2D eigenvalue weighted by Gasteiger charge is -2.27. The van der Waals surface area contributed by atoms with Gasteiger partial charge in [0.15, 0.2) is 17.5 Å². The first kappa shape index (κ1) is 19.4. The highest BCUT2D eigenvalue weighted by Crippen LogP contribution is 2.29. The average Bonchev–Trinajstić information content (AvgIpc) is 3.35. The van der Waals surface area contributed by atoms with Crippen LogP contribution in [0, 0.1) is 25.5 Å². The Kier molecular flexibility index (Phi) is 4.77. The molecule has 1 aliphatic heterocycles. The van der Waals surface area contributed by atoms with Crippen LogP contribution in [0.1, 0.15) is 29.1 Å². The standard InChI is InChI=1S/C23H22F2N6/c1-14-10-16(4-6-18(14)21-11-15(2)27-28-21)12-22-26-23-30(8-3-9-31(23)29-22)17-5-7-19(24)20(25)13-17/h4-7,10-11,13H,3,8-9,12H2,1-2H3,(H,27,28). The Balaban J connectivity index is 1.41. The van der Waals surface area contributed by atoms with Crippen molar-refractivity contribution >= 4 is 11.6 Å². The number of H-pyrrole nitrogens is 1. The monoisotopic (exact) mass is 420 g/mol. The summed E-state index contributed by atoms with van der Waals surface area (Å²) in [5.41, 5.74) is 5.87. The second-order valence-corrected chi connectivity index (χ2v) is 7.92. The Labute approximate surface area is 178 Å². The van der Waals surface area contributed by atoms with Gasteiger partial charge >= 0.3 is 0 Å². The molecule has 31 heavy (non-hydrogen) atoms. The number of halogens is 2. The SMILES string of the molecule is Cc1cc(-c2ccc(Cc3nc4n(n3)CCCN4c3ccc(F)c(F)c3)cc2C)n[nH]1. The largest absolute Gasteiger partial charge is 0.311 e. The van der Waals surface area contributed by atoms with Crippen molar-refractivity contribution in [3.63, 3.8) is 0 Å². The highest BCUT2D eigenvalue weighted by atomic mass is 19.2. The van der Waals surface area contributed by atoms with E-state index in [4.69, 9.17) is 4.98 Å². The maximum absolute atomic E-state index is 13.7. The van der Waals surface area contributed by atoms with E-state index in [1.165, 1.54) is 6.07 Å². The van der Waals surface area contributed by atoms with E-state index in [1.807, 2.05) is 22.6 Å². The van der Waals surface area contributed by atoms with Crippen molar-refractivity contribution in [3.8, 4) is 11.3 Å². The summed E-state index contributed by atoms with van der Waals surface area (Å²) in [6, 6.07) is 12.2. The van der Waals surface area contributed by atoms with E-state index in [-0.39, 0.29) is 0 Å². The molecule has 1 N–H and O–H groups in total. The van der Waals surface area contributed by atoms with Crippen LogP contribution < -0.4 is 4.90 Å². The number of nitrogens with zero attached hydrogens (tertiary/aromatic N) is 5. The summed E-state index contributed by atoms with van der Waals surface area (Å²) in [5, 5.41) is 12.0. The van der Waals surface area contributed by atoms with Crippen LogP contribution in [-0.2, 0) is 13.0 Å². The van der Waals surface area contributed by atoms with E-state index in [9.17, 15) is 8.78 Å². The molecular weight excluding hydrogens is 398 g/mol. The quantitative estimate of drug-likeness (QED) is 0.520. The third-order valence-electron chi connectivity index (χ3n) is 5.54. The first-order chi connectivity index (χ1) is 15.0. The number of aromatic amines is 1. The third kappa shape index (κ3) is 3.69. The van der Waals surface area contributed by atoms with Crippen LogP contribution >= 0.6 is 0 Å². The summed E-state index contributed by atoms with van der Waals surface area (Å²) in [7, 11) is 0. The summed E-state index contributed by atoms with van der Waals surface area (Å²) in [6.45, 7) is 5.48. The molecule has 5 rings (SSSR count). The van der Waals surface area contributed by atoms with Crippen molar-refractivity contribution in [1.29, 1.82) is 0 Å². The van der Waals surface area contributed by atoms with Crippen LogP contribution in [0.25, 0.3) is 11.3 Å². The second-order valence-electron chi connectivity index (χ2n) is 7.92. The Hall–Kier alpha value is -3.55. The molecule has 0 bridgehead atoms. The maximum atomic E-state index is 13.7. The highest BCUT2D eigenvalue weighted by molar-refractivity contribution is 5.64. The van der Waals surface area contributed by atoms with E-state index in [0.717, 1.165) is 47.1 Å². The van der Waals surface area contributed by atoms with Crippen LogP contribution in [0.5, 0.6) is 0 Å². The molecule has 2 aromatic carbocycles. The Morgan fingerprint density at radius 1 is 1.00 bits per heavy atom. The normalized spacial score (nSPS) is 13.5. The fraction of sp³-hybridized carbons (Fsp3) is 0.261. The van der Waals surface area contributed by atoms with Crippen molar-refractivity contribution in [2.24, 2.45) is 0 Å². The van der Waals surface area contributed by atoms with Crippen molar-refractivity contribution in [2.45, 2.75) is 33.2 Å². The molecule has 158 valence electrons. The van der Waals surface area contributed by atoms with Crippen molar-refractivity contribution in [3.05, 3.63) is 76.7 Å². The molecule has 6 nitrogen and oxygen atoms in total. The van der Waals surface area contributed by atoms with Gasteiger partial charge in [0.1, 0.15) is 0 Å². The Morgan fingerprint density at radius 3 is 2.61 bits per heavy atom. The lowest BCUT2D eigenvalue weighted by atomic mass is 10.0. The number of aryl methyl sites for hydroxylation is 3. The molecule has 0 saturated carbocycles. The van der Waals surface area contributed by atoms with E-state index >= 15 is 0 Å². The van der Waals surface area contributed by atoms with Crippen LogP contribution in [0.2, 0.25) is 0 Å². The fourth-order valence-corrected chi connectivity index (χ4v) is 4.04. The molecule has 0 spiro atoms. The van der Waals surface area contributed by atoms with Crippen LogP contribution in [0.3, 0.4) is 0 Å².